The number of halogens is 5. The molecular weight excluding hydrogens is 307 g/mol. The third-order valence-corrected chi connectivity index (χ3v) is 3.61. The van der Waals surface area contributed by atoms with Gasteiger partial charge in [0.25, 0.3) is 0 Å². The Labute approximate surface area is 128 Å². The van der Waals surface area contributed by atoms with E-state index in [0.29, 0.717) is 12.8 Å². The van der Waals surface area contributed by atoms with Crippen LogP contribution in [0.3, 0.4) is 0 Å². The summed E-state index contributed by atoms with van der Waals surface area (Å²) in [5.41, 5.74) is 0. The monoisotopic (exact) mass is 331 g/mol. The highest BCUT2D eigenvalue weighted by Gasteiger charge is 2.56. The van der Waals surface area contributed by atoms with Crippen LogP contribution in [-0.2, 0) is 4.79 Å². The van der Waals surface area contributed by atoms with E-state index in [2.05, 4.69) is 6.92 Å². The molecule has 0 saturated carbocycles. The number of rotatable bonds is 12. The van der Waals surface area contributed by atoms with E-state index in [-0.39, 0.29) is 6.42 Å². The van der Waals surface area contributed by atoms with Crippen molar-refractivity contribution in [2.45, 2.75) is 76.3 Å². The largest absolute Gasteiger partial charge is 0.481 e. The van der Waals surface area contributed by atoms with E-state index in [4.69, 9.17) is 5.11 Å². The highest BCUT2D eigenvalue weighted by Crippen LogP contribution is 2.39. The molecule has 0 aliphatic carbocycles. The molecule has 7 heteroatoms. The SMILES string of the molecule is [CH2]CCCCCCCC(CCCC(F)(F)C(F)(F)F)C(=O)O. The highest BCUT2D eigenvalue weighted by atomic mass is 19.4. The summed E-state index contributed by atoms with van der Waals surface area (Å²) >= 11 is 0. The number of carboxylic acids is 1. The van der Waals surface area contributed by atoms with Gasteiger partial charge in [-0.05, 0) is 19.3 Å². The van der Waals surface area contributed by atoms with E-state index in [1.165, 1.54) is 0 Å². The second-order valence-corrected chi connectivity index (χ2v) is 5.54. The molecule has 1 unspecified atom stereocenters. The van der Waals surface area contributed by atoms with E-state index in [1.54, 1.807) is 0 Å². The van der Waals surface area contributed by atoms with Crippen LogP contribution in [0.5, 0.6) is 0 Å². The molecule has 0 aliphatic heterocycles. The molecule has 0 spiro atoms. The minimum atomic E-state index is -5.57. The lowest BCUT2D eigenvalue weighted by Gasteiger charge is -2.20. The minimum Gasteiger partial charge on any atom is -0.481 e. The molecule has 0 aromatic rings. The van der Waals surface area contributed by atoms with E-state index >= 15 is 0 Å². The topological polar surface area (TPSA) is 37.3 Å². The lowest BCUT2D eigenvalue weighted by atomic mass is 9.94. The zero-order chi connectivity index (χ0) is 17.2. The lowest BCUT2D eigenvalue weighted by Crippen LogP contribution is -2.36. The van der Waals surface area contributed by atoms with Crippen LogP contribution in [0.25, 0.3) is 0 Å². The average Bonchev–Trinajstić information content (AvgIpc) is 2.38. The Bertz CT molecular complexity index is 316. The summed E-state index contributed by atoms with van der Waals surface area (Å²) in [6, 6.07) is 0. The Morgan fingerprint density at radius 2 is 1.41 bits per heavy atom. The number of aliphatic carboxylic acids is 1. The maximum Gasteiger partial charge on any atom is 0.453 e. The second kappa shape index (κ2) is 10.0. The third-order valence-electron chi connectivity index (χ3n) is 3.61. The van der Waals surface area contributed by atoms with Crippen LogP contribution < -0.4 is 0 Å². The average molecular weight is 331 g/mol. The molecular formula is C15H24F5O2. The van der Waals surface area contributed by atoms with Crippen molar-refractivity contribution in [2.24, 2.45) is 5.92 Å². The quantitative estimate of drug-likeness (QED) is 0.372. The molecule has 22 heavy (non-hydrogen) atoms. The lowest BCUT2D eigenvalue weighted by molar-refractivity contribution is -0.284. The van der Waals surface area contributed by atoms with Crippen LogP contribution in [-0.4, -0.2) is 23.2 Å². The molecule has 0 bridgehead atoms. The predicted molar refractivity (Wildman–Crippen MR) is 73.7 cm³/mol. The van der Waals surface area contributed by atoms with Gasteiger partial charge in [0.1, 0.15) is 0 Å². The van der Waals surface area contributed by atoms with Crippen molar-refractivity contribution < 1.29 is 31.9 Å². The van der Waals surface area contributed by atoms with Gasteiger partial charge in [-0.25, -0.2) is 0 Å². The zero-order valence-corrected chi connectivity index (χ0v) is 12.6. The number of carbonyl (C=O) groups is 1. The van der Waals surface area contributed by atoms with Gasteiger partial charge in [0.2, 0.25) is 0 Å². The normalized spacial score (nSPS) is 14.1. The molecule has 1 radical (unpaired) electrons. The summed E-state index contributed by atoms with van der Waals surface area (Å²) in [6.07, 6.45) is -1.91. The zero-order valence-electron chi connectivity index (χ0n) is 12.6. The number of hydrogen-bond acceptors (Lipinski definition) is 1. The number of unbranched alkanes of at least 4 members (excludes halogenated alkanes) is 5. The van der Waals surface area contributed by atoms with Crippen molar-refractivity contribution in [3.63, 3.8) is 0 Å². The van der Waals surface area contributed by atoms with Crippen molar-refractivity contribution in [3.8, 4) is 0 Å². The third kappa shape index (κ3) is 8.54. The van der Waals surface area contributed by atoms with E-state index < -0.39 is 36.8 Å². The fourth-order valence-corrected chi connectivity index (χ4v) is 2.20. The first kappa shape index (κ1) is 21.1. The Morgan fingerprint density at radius 1 is 0.909 bits per heavy atom. The van der Waals surface area contributed by atoms with Crippen LogP contribution in [0, 0.1) is 12.8 Å². The maximum atomic E-state index is 12.7. The molecule has 0 fully saturated rings. The first-order valence-electron chi connectivity index (χ1n) is 7.58. The smallest absolute Gasteiger partial charge is 0.453 e. The summed E-state index contributed by atoms with van der Waals surface area (Å²) in [7, 11) is 0. The summed E-state index contributed by atoms with van der Waals surface area (Å²) in [5, 5.41) is 8.99. The van der Waals surface area contributed by atoms with Gasteiger partial charge in [-0.15, -0.1) is 0 Å². The van der Waals surface area contributed by atoms with Gasteiger partial charge in [-0.2, -0.15) is 22.0 Å². The van der Waals surface area contributed by atoms with E-state index in [9.17, 15) is 26.7 Å². The first-order valence-corrected chi connectivity index (χ1v) is 7.58. The maximum absolute atomic E-state index is 12.7. The Balaban J connectivity index is 4.03. The van der Waals surface area contributed by atoms with Crippen molar-refractivity contribution >= 4 is 5.97 Å². The van der Waals surface area contributed by atoms with Gasteiger partial charge in [-0.3, -0.25) is 4.79 Å². The van der Waals surface area contributed by atoms with Crippen molar-refractivity contribution in [2.75, 3.05) is 0 Å². The molecule has 0 aliphatic rings. The molecule has 0 amide bonds. The van der Waals surface area contributed by atoms with Crippen molar-refractivity contribution in [1.29, 1.82) is 0 Å². The van der Waals surface area contributed by atoms with Crippen LogP contribution in [0.15, 0.2) is 0 Å². The van der Waals surface area contributed by atoms with Crippen molar-refractivity contribution in [1.82, 2.24) is 0 Å². The van der Waals surface area contributed by atoms with Crippen LogP contribution in [0.1, 0.15) is 64.2 Å². The molecule has 0 aromatic carbocycles. The Kier molecular flexibility index (Phi) is 9.60. The Hall–Kier alpha value is -0.880. The molecule has 0 heterocycles. The fraction of sp³-hybridized carbons (Fsp3) is 0.867. The second-order valence-electron chi connectivity index (χ2n) is 5.54. The Morgan fingerprint density at radius 3 is 1.91 bits per heavy atom. The van der Waals surface area contributed by atoms with Gasteiger partial charge in [-0.1, -0.05) is 45.4 Å². The van der Waals surface area contributed by atoms with Crippen molar-refractivity contribution in [3.05, 3.63) is 6.92 Å². The minimum absolute atomic E-state index is 0.153. The van der Waals surface area contributed by atoms with Crippen LogP contribution >= 0.6 is 0 Å². The number of carboxylic acid groups (broad SMARTS) is 1. The van der Waals surface area contributed by atoms with Crippen LogP contribution in [0.4, 0.5) is 22.0 Å². The fourth-order valence-electron chi connectivity index (χ4n) is 2.20. The highest BCUT2D eigenvalue weighted by molar-refractivity contribution is 5.69. The predicted octanol–water partition coefficient (Wildman–Crippen LogP) is 5.62. The van der Waals surface area contributed by atoms with Crippen LogP contribution in [0.2, 0.25) is 0 Å². The summed E-state index contributed by atoms with van der Waals surface area (Å²) in [6.45, 7) is 3.71. The van der Waals surface area contributed by atoms with Gasteiger partial charge < -0.3 is 5.11 Å². The molecule has 1 N–H and O–H groups in total. The van der Waals surface area contributed by atoms with Gasteiger partial charge in [0.05, 0.1) is 5.92 Å². The molecule has 131 valence electrons. The van der Waals surface area contributed by atoms with Gasteiger partial charge >= 0.3 is 18.1 Å². The number of alkyl halides is 5. The number of hydrogen-bond donors (Lipinski definition) is 1. The summed E-state index contributed by atoms with van der Waals surface area (Å²) in [5.74, 6) is -6.73. The first-order chi connectivity index (χ1) is 10.1. The molecule has 0 saturated heterocycles. The van der Waals surface area contributed by atoms with Gasteiger partial charge in [0.15, 0.2) is 0 Å². The molecule has 1 atom stereocenters. The molecule has 2 nitrogen and oxygen atoms in total. The van der Waals surface area contributed by atoms with E-state index in [1.807, 2.05) is 0 Å². The van der Waals surface area contributed by atoms with E-state index in [0.717, 1.165) is 32.1 Å². The summed E-state index contributed by atoms with van der Waals surface area (Å²) in [4.78, 5) is 11.0. The summed E-state index contributed by atoms with van der Waals surface area (Å²) < 4.78 is 61.4. The van der Waals surface area contributed by atoms with Gasteiger partial charge in [0, 0.05) is 6.42 Å². The molecule has 0 aromatic heterocycles. The standard InChI is InChI=1S/C15H24F5O2/c1-2-3-4-5-6-7-9-12(13(21)22)10-8-11-14(16,17)15(18,19)20/h12H,1-11H2,(H,21,22). The molecule has 0 rings (SSSR count).